The highest BCUT2D eigenvalue weighted by Crippen LogP contribution is 2.25. The Hall–Kier alpha value is -1.31. The van der Waals surface area contributed by atoms with Crippen molar-refractivity contribution in [3.8, 4) is 0 Å². The average molecular weight is 241 g/mol. The van der Waals surface area contributed by atoms with Crippen molar-refractivity contribution < 1.29 is 9.84 Å². The monoisotopic (exact) mass is 241 g/mol. The molecule has 2 heterocycles. The number of nitrogen functional groups attached to an aromatic ring is 1. The van der Waals surface area contributed by atoms with Gasteiger partial charge in [-0.25, -0.2) is 4.79 Å². The number of aromatic nitrogens is 2. The zero-order valence-electron chi connectivity index (χ0n) is 8.37. The lowest BCUT2D eigenvalue weighted by molar-refractivity contribution is -0.0145. The van der Waals surface area contributed by atoms with Crippen molar-refractivity contribution in [1.29, 1.82) is 0 Å². The van der Waals surface area contributed by atoms with Crippen molar-refractivity contribution in [1.82, 2.24) is 9.55 Å². The van der Waals surface area contributed by atoms with E-state index in [0.29, 0.717) is 11.3 Å². The van der Waals surface area contributed by atoms with E-state index in [2.05, 4.69) is 4.98 Å². The fraction of sp³-hybridized carbons (Fsp3) is 0.444. The Bertz CT molecular complexity index is 473. The molecule has 1 aliphatic rings. The van der Waals surface area contributed by atoms with Crippen LogP contribution in [0.5, 0.6) is 0 Å². The van der Waals surface area contributed by atoms with Crippen LogP contribution in [0.4, 0.5) is 5.82 Å². The second kappa shape index (κ2) is 4.28. The quantitative estimate of drug-likeness (QED) is 0.677. The molecule has 0 aliphatic carbocycles. The topological polar surface area (TPSA) is 90.4 Å². The summed E-state index contributed by atoms with van der Waals surface area (Å²) in [4.78, 5) is 15.7. The smallest absolute Gasteiger partial charge is 0.351 e. The maximum Gasteiger partial charge on any atom is 0.351 e. The third kappa shape index (κ3) is 1.97. The summed E-state index contributed by atoms with van der Waals surface area (Å²) < 4.78 is 6.74. The Kier molecular flexibility index (Phi) is 2.99. The van der Waals surface area contributed by atoms with Gasteiger partial charge in [-0.15, -0.1) is 0 Å². The number of nitrogens with zero attached hydrogens (tertiary/aromatic N) is 2. The van der Waals surface area contributed by atoms with Crippen LogP contribution >= 0.6 is 12.2 Å². The minimum absolute atomic E-state index is 0.167. The van der Waals surface area contributed by atoms with Crippen molar-refractivity contribution in [2.75, 3.05) is 12.3 Å². The number of hydrogen-bond acceptors (Lipinski definition) is 6. The zero-order valence-corrected chi connectivity index (χ0v) is 9.18. The first-order valence-corrected chi connectivity index (χ1v) is 5.16. The first-order chi connectivity index (χ1) is 7.61. The molecule has 0 amide bonds. The number of aliphatic hydroxyl groups is 1. The third-order valence-electron chi connectivity index (χ3n) is 2.38. The Morgan fingerprint density at radius 3 is 3.06 bits per heavy atom. The highest BCUT2D eigenvalue weighted by atomic mass is 32.1. The van der Waals surface area contributed by atoms with Crippen LogP contribution in [0.2, 0.25) is 0 Å². The van der Waals surface area contributed by atoms with Gasteiger partial charge in [-0.1, -0.05) is 12.2 Å². The van der Waals surface area contributed by atoms with E-state index in [1.807, 2.05) is 0 Å². The number of aliphatic hydroxyl groups excluding tert-OH is 1. The predicted octanol–water partition coefficient (Wildman–Crippen LogP) is -0.525. The molecule has 2 atom stereocenters. The van der Waals surface area contributed by atoms with Gasteiger partial charge in [0.2, 0.25) is 0 Å². The van der Waals surface area contributed by atoms with Gasteiger partial charge in [-0.2, -0.15) is 4.98 Å². The van der Waals surface area contributed by atoms with Gasteiger partial charge in [-0.3, -0.25) is 4.57 Å². The Labute approximate surface area is 96.7 Å². The van der Waals surface area contributed by atoms with Gasteiger partial charge in [0.25, 0.3) is 0 Å². The molecule has 6 nitrogen and oxygen atoms in total. The molecule has 0 saturated carbocycles. The summed E-state index contributed by atoms with van der Waals surface area (Å²) in [7, 11) is 0. The summed E-state index contributed by atoms with van der Waals surface area (Å²) >= 11 is 5.04. The minimum atomic E-state index is -0.495. The van der Waals surface area contributed by atoms with Gasteiger partial charge in [0.05, 0.1) is 6.61 Å². The van der Waals surface area contributed by atoms with E-state index in [9.17, 15) is 4.79 Å². The van der Waals surface area contributed by atoms with Crippen molar-refractivity contribution in [3.05, 3.63) is 22.7 Å². The van der Waals surface area contributed by atoms with Gasteiger partial charge in [0.15, 0.2) is 0 Å². The van der Waals surface area contributed by atoms with Crippen LogP contribution in [-0.2, 0) is 4.74 Å². The van der Waals surface area contributed by atoms with Crippen molar-refractivity contribution >= 4 is 22.9 Å². The van der Waals surface area contributed by atoms with Crippen molar-refractivity contribution in [2.45, 2.75) is 18.8 Å². The van der Waals surface area contributed by atoms with E-state index >= 15 is 0 Å². The number of hydrogen-bond donors (Lipinski definition) is 2. The first-order valence-electron chi connectivity index (χ1n) is 4.75. The molecule has 1 saturated heterocycles. The van der Waals surface area contributed by atoms with Gasteiger partial charge in [0, 0.05) is 17.5 Å². The van der Waals surface area contributed by atoms with Crippen molar-refractivity contribution in [2.24, 2.45) is 0 Å². The molecule has 1 aromatic rings. The Morgan fingerprint density at radius 1 is 1.75 bits per heavy atom. The first kappa shape index (κ1) is 11.2. The van der Waals surface area contributed by atoms with Crippen LogP contribution in [0.15, 0.2) is 17.1 Å². The molecular formula is C9H11N3O3S. The fourth-order valence-corrected chi connectivity index (χ4v) is 1.84. The van der Waals surface area contributed by atoms with E-state index in [4.69, 9.17) is 27.8 Å². The Morgan fingerprint density at radius 2 is 2.50 bits per heavy atom. The summed E-state index contributed by atoms with van der Waals surface area (Å²) in [5, 5.41) is 8.98. The lowest BCUT2D eigenvalue weighted by Crippen LogP contribution is -2.27. The van der Waals surface area contributed by atoms with Crippen LogP contribution in [0.3, 0.4) is 0 Å². The van der Waals surface area contributed by atoms with E-state index < -0.39 is 18.0 Å². The summed E-state index contributed by atoms with van der Waals surface area (Å²) in [5.74, 6) is 0.167. The number of thiocarbonyl (C=S) groups is 1. The number of rotatable bonds is 2. The molecular weight excluding hydrogens is 230 g/mol. The van der Waals surface area contributed by atoms with E-state index in [-0.39, 0.29) is 12.4 Å². The molecule has 1 fully saturated rings. The summed E-state index contributed by atoms with van der Waals surface area (Å²) in [6.07, 6.45) is 0.957. The van der Waals surface area contributed by atoms with Crippen molar-refractivity contribution in [3.63, 3.8) is 0 Å². The second-order valence-corrected chi connectivity index (χ2v) is 4.00. The molecule has 0 unspecified atom stereocenters. The number of nitrogens with two attached hydrogens (primary N) is 1. The highest BCUT2D eigenvalue weighted by molar-refractivity contribution is 7.80. The minimum Gasteiger partial charge on any atom is -0.393 e. The summed E-state index contributed by atoms with van der Waals surface area (Å²) in [6.45, 7) is -0.174. The molecule has 16 heavy (non-hydrogen) atoms. The van der Waals surface area contributed by atoms with Crippen LogP contribution in [-0.4, -0.2) is 32.2 Å². The van der Waals surface area contributed by atoms with Gasteiger partial charge in [0.1, 0.15) is 18.1 Å². The molecule has 1 aliphatic heterocycles. The van der Waals surface area contributed by atoms with E-state index in [1.54, 1.807) is 0 Å². The van der Waals surface area contributed by atoms with Crippen LogP contribution in [0.25, 0.3) is 0 Å². The standard InChI is InChI=1S/C9H11N3O3S/c10-7-1-2-12(9(14)11-7)8-3-6(16)5(4-13)15-8/h1-2,5,8,13H,3-4H2,(H2,10,11,14)/t5-,8-/m1/s1. The largest absolute Gasteiger partial charge is 0.393 e. The van der Waals surface area contributed by atoms with Crippen LogP contribution in [0.1, 0.15) is 12.6 Å². The number of ether oxygens (including phenoxy) is 1. The van der Waals surface area contributed by atoms with Gasteiger partial charge >= 0.3 is 5.69 Å². The maximum atomic E-state index is 11.5. The van der Waals surface area contributed by atoms with Crippen LogP contribution < -0.4 is 11.4 Å². The average Bonchev–Trinajstić information content (AvgIpc) is 2.59. The molecule has 1 aromatic heterocycles. The van der Waals surface area contributed by atoms with E-state index in [0.717, 1.165) is 0 Å². The molecule has 3 N–H and O–H groups in total. The SMILES string of the molecule is Nc1ccn([C@H]2CC(=S)[C@@H](CO)O2)c(=O)n1. The molecule has 0 bridgehead atoms. The summed E-state index contributed by atoms with van der Waals surface area (Å²) in [5.41, 5.74) is 4.90. The molecule has 0 aromatic carbocycles. The van der Waals surface area contributed by atoms with Gasteiger partial charge in [-0.05, 0) is 6.07 Å². The summed E-state index contributed by atoms with van der Waals surface area (Å²) in [6, 6.07) is 1.51. The zero-order chi connectivity index (χ0) is 11.7. The predicted molar refractivity (Wildman–Crippen MR) is 61.1 cm³/mol. The normalized spacial score (nSPS) is 24.9. The lowest BCUT2D eigenvalue weighted by Gasteiger charge is -2.13. The highest BCUT2D eigenvalue weighted by Gasteiger charge is 2.31. The molecule has 0 spiro atoms. The fourth-order valence-electron chi connectivity index (χ4n) is 1.57. The molecule has 2 rings (SSSR count). The third-order valence-corrected chi connectivity index (χ3v) is 2.81. The maximum absolute atomic E-state index is 11.5. The second-order valence-electron chi connectivity index (χ2n) is 3.47. The number of anilines is 1. The van der Waals surface area contributed by atoms with Crippen LogP contribution in [0, 0.1) is 0 Å². The lowest BCUT2D eigenvalue weighted by atomic mass is 10.2. The van der Waals surface area contributed by atoms with Gasteiger partial charge < -0.3 is 15.6 Å². The molecule has 86 valence electrons. The molecule has 7 heteroatoms. The van der Waals surface area contributed by atoms with E-state index in [1.165, 1.54) is 16.8 Å². The molecule has 0 radical (unpaired) electrons. The Balaban J connectivity index is 2.27.